The lowest BCUT2D eigenvalue weighted by Gasteiger charge is -2.12. The molecule has 1 amide bonds. The van der Waals surface area contributed by atoms with Crippen LogP contribution in [0.15, 0.2) is 24.3 Å². The maximum Gasteiger partial charge on any atom is 0.313 e. The lowest BCUT2D eigenvalue weighted by molar-refractivity contribution is -0.133. The Morgan fingerprint density at radius 1 is 1.33 bits per heavy atom. The summed E-state index contributed by atoms with van der Waals surface area (Å²) >= 11 is 2.50. The molecule has 5 nitrogen and oxygen atoms in total. The van der Waals surface area contributed by atoms with Gasteiger partial charge in [-0.1, -0.05) is 0 Å². The van der Waals surface area contributed by atoms with E-state index in [-0.39, 0.29) is 29.3 Å². The highest BCUT2D eigenvalue weighted by atomic mass is 32.2. The topological polar surface area (TPSA) is 79.3 Å². The number of rotatable bonds is 7. The molecule has 0 spiro atoms. The number of thiazole rings is 1. The average Bonchev–Trinajstić information content (AvgIpc) is 2.89. The molecule has 1 aromatic carbocycles. The number of thioether (sulfide) groups is 1. The van der Waals surface area contributed by atoms with E-state index in [1.165, 1.54) is 23.5 Å². The van der Waals surface area contributed by atoms with Crippen LogP contribution in [0.2, 0.25) is 0 Å². The van der Waals surface area contributed by atoms with E-state index in [9.17, 15) is 14.0 Å². The highest BCUT2D eigenvalue weighted by Crippen LogP contribution is 2.31. The smallest absolute Gasteiger partial charge is 0.313 e. The molecule has 1 aromatic heterocycles. The molecule has 2 aromatic rings. The maximum absolute atomic E-state index is 13.0. The number of carboxylic acids is 1. The quantitative estimate of drug-likeness (QED) is 0.784. The van der Waals surface area contributed by atoms with Gasteiger partial charge >= 0.3 is 5.97 Å². The first-order valence-electron chi connectivity index (χ1n) is 7.19. The predicted octanol–water partition coefficient (Wildman–Crippen LogP) is 3.25. The number of aliphatic carboxylic acids is 1. The zero-order valence-electron chi connectivity index (χ0n) is 13.2. The highest BCUT2D eigenvalue weighted by molar-refractivity contribution is 8.00. The lowest BCUT2D eigenvalue weighted by Crippen LogP contribution is -2.28. The van der Waals surface area contributed by atoms with Crippen LogP contribution in [0.5, 0.6) is 0 Å². The molecule has 0 fully saturated rings. The normalized spacial score (nSPS) is 12.0. The van der Waals surface area contributed by atoms with Gasteiger partial charge in [0.25, 0.3) is 0 Å². The molecule has 1 heterocycles. The van der Waals surface area contributed by atoms with Crippen molar-refractivity contribution in [3.05, 3.63) is 40.7 Å². The van der Waals surface area contributed by atoms with Gasteiger partial charge in [0.15, 0.2) is 0 Å². The van der Waals surface area contributed by atoms with Gasteiger partial charge in [-0.2, -0.15) is 0 Å². The third kappa shape index (κ3) is 5.04. The van der Waals surface area contributed by atoms with E-state index in [2.05, 4.69) is 10.3 Å². The molecule has 0 aliphatic rings. The van der Waals surface area contributed by atoms with Gasteiger partial charge in [0.05, 0.1) is 28.1 Å². The van der Waals surface area contributed by atoms with Gasteiger partial charge in [-0.25, -0.2) is 9.37 Å². The Kier molecular flexibility index (Phi) is 6.33. The van der Waals surface area contributed by atoms with Crippen molar-refractivity contribution in [1.82, 2.24) is 10.3 Å². The second kappa shape index (κ2) is 8.25. The van der Waals surface area contributed by atoms with Crippen LogP contribution in [-0.2, 0) is 9.59 Å². The predicted molar refractivity (Wildman–Crippen MR) is 93.8 cm³/mol. The van der Waals surface area contributed by atoms with Crippen molar-refractivity contribution in [3.8, 4) is 10.6 Å². The van der Waals surface area contributed by atoms with E-state index in [4.69, 9.17) is 5.11 Å². The molecule has 24 heavy (non-hydrogen) atoms. The minimum Gasteiger partial charge on any atom is -0.481 e. The Bertz CT molecular complexity index is 731. The fourth-order valence-electron chi connectivity index (χ4n) is 2.11. The molecule has 128 valence electrons. The number of carbonyl (C=O) groups is 2. The van der Waals surface area contributed by atoms with Gasteiger partial charge in [0.2, 0.25) is 5.91 Å². The molecule has 0 saturated carbocycles. The van der Waals surface area contributed by atoms with Gasteiger partial charge in [0.1, 0.15) is 10.8 Å². The van der Waals surface area contributed by atoms with Gasteiger partial charge in [-0.15, -0.1) is 23.1 Å². The molecular weight excluding hydrogens is 351 g/mol. The van der Waals surface area contributed by atoms with Crippen molar-refractivity contribution < 1.29 is 19.1 Å². The van der Waals surface area contributed by atoms with E-state index in [1.54, 1.807) is 12.1 Å². The third-order valence-electron chi connectivity index (χ3n) is 3.15. The number of hydrogen-bond acceptors (Lipinski definition) is 5. The highest BCUT2D eigenvalue weighted by Gasteiger charge is 2.17. The number of carbonyl (C=O) groups excluding carboxylic acids is 1. The Morgan fingerprint density at radius 2 is 2.00 bits per heavy atom. The summed E-state index contributed by atoms with van der Waals surface area (Å²) in [5, 5.41) is 12.2. The number of aryl methyl sites for hydroxylation is 1. The number of benzene rings is 1. The fourth-order valence-corrected chi connectivity index (χ4v) is 3.72. The van der Waals surface area contributed by atoms with E-state index >= 15 is 0 Å². The van der Waals surface area contributed by atoms with Gasteiger partial charge in [-0.05, 0) is 38.1 Å². The first-order chi connectivity index (χ1) is 11.4. The standard InChI is InChI=1S/C16H17FN2O3S2/c1-9(18-13(20)7-23-8-14(21)22)15-10(2)19-16(24-15)11-3-5-12(17)6-4-11/h3-6,9H,7-8H2,1-2H3,(H,18,20)(H,21,22). The van der Waals surface area contributed by atoms with E-state index in [0.717, 1.165) is 32.9 Å². The van der Waals surface area contributed by atoms with E-state index in [1.807, 2.05) is 13.8 Å². The number of aromatic nitrogens is 1. The van der Waals surface area contributed by atoms with Crippen LogP contribution in [0.3, 0.4) is 0 Å². The molecule has 0 radical (unpaired) electrons. The molecule has 1 unspecified atom stereocenters. The van der Waals surface area contributed by atoms with Crippen LogP contribution < -0.4 is 5.32 Å². The van der Waals surface area contributed by atoms with Gasteiger partial charge in [-0.3, -0.25) is 9.59 Å². The molecule has 0 aliphatic carbocycles. The number of carboxylic acid groups (broad SMARTS) is 1. The number of hydrogen-bond donors (Lipinski definition) is 2. The Morgan fingerprint density at radius 3 is 2.62 bits per heavy atom. The van der Waals surface area contributed by atoms with Gasteiger partial charge in [0, 0.05) is 5.56 Å². The van der Waals surface area contributed by atoms with Crippen LogP contribution in [0, 0.1) is 12.7 Å². The summed E-state index contributed by atoms with van der Waals surface area (Å²) < 4.78 is 13.0. The van der Waals surface area contributed by atoms with Crippen molar-refractivity contribution in [2.75, 3.05) is 11.5 Å². The SMILES string of the molecule is Cc1nc(-c2ccc(F)cc2)sc1C(C)NC(=O)CSCC(=O)O. The van der Waals surface area contributed by atoms with Crippen LogP contribution in [0.1, 0.15) is 23.5 Å². The molecular formula is C16H17FN2O3S2. The molecule has 1 atom stereocenters. The van der Waals surface area contributed by atoms with Crippen molar-refractivity contribution in [2.24, 2.45) is 0 Å². The summed E-state index contributed by atoms with van der Waals surface area (Å²) in [5.74, 6) is -1.46. The molecule has 8 heteroatoms. The summed E-state index contributed by atoms with van der Waals surface area (Å²) in [6.07, 6.45) is 0. The molecule has 0 aliphatic heterocycles. The molecule has 0 saturated heterocycles. The second-order valence-corrected chi connectivity index (χ2v) is 7.17. The zero-order valence-corrected chi connectivity index (χ0v) is 14.8. The van der Waals surface area contributed by atoms with Gasteiger partial charge < -0.3 is 10.4 Å². The Balaban J connectivity index is 2.02. The minimum absolute atomic E-state index is 0.0965. The van der Waals surface area contributed by atoms with E-state index in [0.29, 0.717) is 0 Å². The fraction of sp³-hybridized carbons (Fsp3) is 0.312. The summed E-state index contributed by atoms with van der Waals surface area (Å²) in [5.41, 5.74) is 1.64. The first-order valence-corrected chi connectivity index (χ1v) is 9.16. The average molecular weight is 368 g/mol. The molecule has 0 bridgehead atoms. The van der Waals surface area contributed by atoms with Crippen molar-refractivity contribution >= 4 is 35.0 Å². The number of halogens is 1. The zero-order chi connectivity index (χ0) is 17.7. The summed E-state index contributed by atoms with van der Waals surface area (Å²) in [4.78, 5) is 27.7. The van der Waals surface area contributed by atoms with Crippen LogP contribution in [0.4, 0.5) is 4.39 Å². The van der Waals surface area contributed by atoms with Crippen LogP contribution in [0.25, 0.3) is 10.6 Å². The number of nitrogens with zero attached hydrogens (tertiary/aromatic N) is 1. The minimum atomic E-state index is -0.942. The maximum atomic E-state index is 13.0. The third-order valence-corrected chi connectivity index (χ3v) is 5.46. The summed E-state index contributed by atoms with van der Waals surface area (Å²) in [7, 11) is 0. The van der Waals surface area contributed by atoms with Crippen LogP contribution in [-0.4, -0.2) is 33.5 Å². The van der Waals surface area contributed by atoms with Crippen molar-refractivity contribution in [1.29, 1.82) is 0 Å². The van der Waals surface area contributed by atoms with Crippen molar-refractivity contribution in [3.63, 3.8) is 0 Å². The summed E-state index contributed by atoms with van der Waals surface area (Å²) in [6.45, 7) is 3.72. The van der Waals surface area contributed by atoms with Crippen LogP contribution >= 0.6 is 23.1 Å². The van der Waals surface area contributed by atoms with Crippen molar-refractivity contribution in [2.45, 2.75) is 19.9 Å². The summed E-state index contributed by atoms with van der Waals surface area (Å²) in [6, 6.07) is 5.88. The largest absolute Gasteiger partial charge is 0.481 e. The lowest BCUT2D eigenvalue weighted by atomic mass is 10.2. The Hall–Kier alpha value is -1.93. The molecule has 2 N–H and O–H groups in total. The second-order valence-electron chi connectivity index (χ2n) is 5.15. The first kappa shape index (κ1) is 18.4. The monoisotopic (exact) mass is 368 g/mol. The number of amides is 1. The number of nitrogens with one attached hydrogen (secondary N) is 1. The Labute approximate surface area is 147 Å². The molecule has 2 rings (SSSR count). The van der Waals surface area contributed by atoms with E-state index < -0.39 is 5.97 Å².